The van der Waals surface area contributed by atoms with Gasteiger partial charge in [0.05, 0.1) is 5.56 Å². The van der Waals surface area contributed by atoms with Crippen LogP contribution in [0.5, 0.6) is 0 Å². The highest BCUT2D eigenvalue weighted by molar-refractivity contribution is 5.99. The van der Waals surface area contributed by atoms with Crippen LogP contribution in [0, 0.1) is 11.6 Å². The topological polar surface area (TPSA) is 72.9 Å². The van der Waals surface area contributed by atoms with Gasteiger partial charge in [0.1, 0.15) is 0 Å². The minimum Gasteiger partial charge on any atom is -0.398 e. The van der Waals surface area contributed by atoms with Crippen LogP contribution in [0.15, 0.2) is 30.6 Å². The number of carbonyl (C=O) groups excluding carboxylic acids is 1. The molecule has 7 heteroatoms. The Hall–Kier alpha value is -2.44. The zero-order valence-electron chi connectivity index (χ0n) is 10.6. The number of halogens is 2. The Morgan fingerprint density at radius 1 is 1.35 bits per heavy atom. The molecule has 3 N–H and O–H groups in total. The van der Waals surface area contributed by atoms with Crippen molar-refractivity contribution in [1.82, 2.24) is 15.1 Å². The number of aromatic nitrogens is 2. The maximum absolute atomic E-state index is 13.1. The summed E-state index contributed by atoms with van der Waals surface area (Å²) in [6, 6.07) is 3.40. The van der Waals surface area contributed by atoms with E-state index in [-0.39, 0.29) is 11.3 Å². The fourth-order valence-electron chi connectivity index (χ4n) is 1.73. The SMILES string of the molecule is Nc1cc(F)c(F)cc1C(=O)NCCCn1cccn1. The predicted molar refractivity (Wildman–Crippen MR) is 69.9 cm³/mol. The van der Waals surface area contributed by atoms with Crippen molar-refractivity contribution < 1.29 is 13.6 Å². The van der Waals surface area contributed by atoms with Gasteiger partial charge in [-0.05, 0) is 18.6 Å². The number of rotatable bonds is 5. The Morgan fingerprint density at radius 3 is 2.80 bits per heavy atom. The molecule has 2 rings (SSSR count). The van der Waals surface area contributed by atoms with Gasteiger partial charge in [0, 0.05) is 37.2 Å². The number of nitrogen functional groups attached to an aromatic ring is 1. The summed E-state index contributed by atoms with van der Waals surface area (Å²) in [7, 11) is 0. The molecule has 1 aromatic carbocycles. The Balaban J connectivity index is 1.87. The van der Waals surface area contributed by atoms with Crippen LogP contribution in [0.3, 0.4) is 0 Å². The van der Waals surface area contributed by atoms with Crippen LogP contribution in [0.2, 0.25) is 0 Å². The zero-order chi connectivity index (χ0) is 14.5. The Bertz CT molecular complexity index is 599. The fourth-order valence-corrected chi connectivity index (χ4v) is 1.73. The molecule has 0 fully saturated rings. The van der Waals surface area contributed by atoms with Gasteiger partial charge in [0.25, 0.3) is 5.91 Å². The van der Waals surface area contributed by atoms with Gasteiger partial charge in [-0.1, -0.05) is 0 Å². The van der Waals surface area contributed by atoms with Gasteiger partial charge in [-0.3, -0.25) is 9.48 Å². The Labute approximate surface area is 114 Å². The first-order chi connectivity index (χ1) is 9.58. The van der Waals surface area contributed by atoms with Crippen molar-refractivity contribution in [2.75, 3.05) is 12.3 Å². The molecule has 0 aliphatic heterocycles. The molecule has 20 heavy (non-hydrogen) atoms. The monoisotopic (exact) mass is 280 g/mol. The summed E-state index contributed by atoms with van der Waals surface area (Å²) in [4.78, 5) is 11.8. The molecule has 1 heterocycles. The van der Waals surface area contributed by atoms with Crippen molar-refractivity contribution in [2.24, 2.45) is 0 Å². The third kappa shape index (κ3) is 3.31. The van der Waals surface area contributed by atoms with E-state index in [1.54, 1.807) is 16.9 Å². The van der Waals surface area contributed by atoms with E-state index in [1.165, 1.54) is 0 Å². The molecule has 0 saturated carbocycles. The molecular weight excluding hydrogens is 266 g/mol. The minimum atomic E-state index is -1.10. The van der Waals surface area contributed by atoms with Crippen LogP contribution in [0.1, 0.15) is 16.8 Å². The lowest BCUT2D eigenvalue weighted by Gasteiger charge is -2.08. The van der Waals surface area contributed by atoms with E-state index in [1.807, 2.05) is 6.20 Å². The number of anilines is 1. The lowest BCUT2D eigenvalue weighted by Crippen LogP contribution is -2.26. The van der Waals surface area contributed by atoms with Crippen LogP contribution in [0.25, 0.3) is 0 Å². The number of amides is 1. The Morgan fingerprint density at radius 2 is 2.10 bits per heavy atom. The minimum absolute atomic E-state index is 0.0667. The fraction of sp³-hybridized carbons (Fsp3) is 0.231. The maximum atomic E-state index is 13.1. The number of hydrogen-bond donors (Lipinski definition) is 2. The normalized spacial score (nSPS) is 10.5. The second-order valence-electron chi connectivity index (χ2n) is 4.23. The van der Waals surface area contributed by atoms with Crippen LogP contribution in [0.4, 0.5) is 14.5 Å². The molecule has 0 bridgehead atoms. The lowest BCUT2D eigenvalue weighted by molar-refractivity contribution is 0.0953. The molecule has 1 aromatic heterocycles. The summed E-state index contributed by atoms with van der Waals surface area (Å²) in [5.41, 5.74) is 5.33. The van der Waals surface area contributed by atoms with Crippen molar-refractivity contribution in [3.8, 4) is 0 Å². The molecule has 0 aliphatic rings. The molecule has 1 amide bonds. The quantitative estimate of drug-likeness (QED) is 0.645. The van der Waals surface area contributed by atoms with E-state index in [9.17, 15) is 13.6 Å². The molecule has 0 radical (unpaired) electrons. The van der Waals surface area contributed by atoms with Gasteiger partial charge < -0.3 is 11.1 Å². The number of aryl methyl sites for hydroxylation is 1. The lowest BCUT2D eigenvalue weighted by atomic mass is 10.1. The highest BCUT2D eigenvalue weighted by atomic mass is 19.2. The molecule has 0 spiro atoms. The molecule has 2 aromatic rings. The van der Waals surface area contributed by atoms with Gasteiger partial charge in [-0.15, -0.1) is 0 Å². The van der Waals surface area contributed by atoms with Crippen LogP contribution < -0.4 is 11.1 Å². The van der Waals surface area contributed by atoms with Gasteiger partial charge in [-0.2, -0.15) is 5.10 Å². The standard InChI is InChI=1S/C13H14F2N4O/c14-10-7-9(12(16)8-11(10)15)13(20)17-3-1-5-19-6-2-4-18-19/h2,4,6-8H,1,3,5,16H2,(H,17,20). The summed E-state index contributed by atoms with van der Waals surface area (Å²) in [6.07, 6.45) is 4.15. The summed E-state index contributed by atoms with van der Waals surface area (Å²) in [5, 5.41) is 6.62. The number of hydrogen-bond acceptors (Lipinski definition) is 3. The van der Waals surface area contributed by atoms with Gasteiger partial charge in [0.2, 0.25) is 0 Å². The van der Waals surface area contributed by atoms with E-state index in [4.69, 9.17) is 5.73 Å². The molecule has 0 saturated heterocycles. The second kappa shape index (κ2) is 6.14. The predicted octanol–water partition coefficient (Wildman–Crippen LogP) is 1.56. The van der Waals surface area contributed by atoms with Gasteiger partial charge >= 0.3 is 0 Å². The summed E-state index contributed by atoms with van der Waals surface area (Å²) < 4.78 is 27.7. The molecule has 0 aliphatic carbocycles. The van der Waals surface area contributed by atoms with E-state index in [2.05, 4.69) is 10.4 Å². The van der Waals surface area contributed by atoms with Crippen molar-refractivity contribution in [3.05, 3.63) is 47.8 Å². The highest BCUT2D eigenvalue weighted by Gasteiger charge is 2.13. The largest absolute Gasteiger partial charge is 0.398 e. The molecule has 0 atom stereocenters. The van der Waals surface area contributed by atoms with Crippen molar-refractivity contribution in [3.63, 3.8) is 0 Å². The highest BCUT2D eigenvalue weighted by Crippen LogP contribution is 2.16. The first kappa shape index (κ1) is 14.0. The third-order valence-electron chi connectivity index (χ3n) is 2.75. The number of nitrogens with two attached hydrogens (primary N) is 1. The summed E-state index contributed by atoms with van der Waals surface area (Å²) in [6.45, 7) is 1.04. The van der Waals surface area contributed by atoms with Crippen LogP contribution in [-0.4, -0.2) is 22.2 Å². The second-order valence-corrected chi connectivity index (χ2v) is 4.23. The zero-order valence-corrected chi connectivity index (χ0v) is 10.6. The average molecular weight is 280 g/mol. The molecule has 0 unspecified atom stereocenters. The maximum Gasteiger partial charge on any atom is 0.253 e. The van der Waals surface area contributed by atoms with E-state index in [0.717, 1.165) is 12.1 Å². The Kier molecular flexibility index (Phi) is 4.29. The first-order valence-corrected chi connectivity index (χ1v) is 6.08. The van der Waals surface area contributed by atoms with E-state index < -0.39 is 17.5 Å². The number of carbonyl (C=O) groups is 1. The number of benzene rings is 1. The molecule has 5 nitrogen and oxygen atoms in total. The number of nitrogens with zero attached hydrogens (tertiary/aromatic N) is 2. The smallest absolute Gasteiger partial charge is 0.253 e. The van der Waals surface area contributed by atoms with Crippen molar-refractivity contribution >= 4 is 11.6 Å². The summed E-state index contributed by atoms with van der Waals surface area (Å²) >= 11 is 0. The van der Waals surface area contributed by atoms with Gasteiger partial charge in [0.15, 0.2) is 11.6 Å². The van der Waals surface area contributed by atoms with Crippen molar-refractivity contribution in [1.29, 1.82) is 0 Å². The van der Waals surface area contributed by atoms with E-state index >= 15 is 0 Å². The first-order valence-electron chi connectivity index (χ1n) is 6.08. The third-order valence-corrected chi connectivity index (χ3v) is 2.75. The molecular formula is C13H14F2N4O. The average Bonchev–Trinajstić information content (AvgIpc) is 2.92. The van der Waals surface area contributed by atoms with Crippen LogP contribution >= 0.6 is 0 Å². The van der Waals surface area contributed by atoms with E-state index in [0.29, 0.717) is 19.5 Å². The van der Waals surface area contributed by atoms with Crippen LogP contribution in [-0.2, 0) is 6.54 Å². The number of nitrogens with one attached hydrogen (secondary N) is 1. The van der Waals surface area contributed by atoms with Gasteiger partial charge in [-0.25, -0.2) is 8.78 Å². The molecule has 106 valence electrons. The summed E-state index contributed by atoms with van der Waals surface area (Å²) in [5.74, 6) is -2.69. The van der Waals surface area contributed by atoms with Crippen molar-refractivity contribution in [2.45, 2.75) is 13.0 Å².